The van der Waals surface area contributed by atoms with Gasteiger partial charge in [-0.3, -0.25) is 0 Å². The molecule has 0 atom stereocenters. The molecule has 1 aromatic carbocycles. The molecule has 0 bridgehead atoms. The summed E-state index contributed by atoms with van der Waals surface area (Å²) in [4.78, 5) is 16.6. The maximum atomic E-state index is 12.1. The zero-order valence-corrected chi connectivity index (χ0v) is 12.4. The zero-order valence-electron chi connectivity index (χ0n) is 11.6. The van der Waals surface area contributed by atoms with Crippen molar-refractivity contribution in [3.05, 3.63) is 36.0 Å². The van der Waals surface area contributed by atoms with Crippen LogP contribution in [0.4, 0.5) is 5.13 Å². The number of carbonyl (C=O) groups excluding carboxylic acids is 1. The first-order valence-electron chi connectivity index (χ1n) is 6.55. The van der Waals surface area contributed by atoms with Crippen LogP contribution in [0, 0.1) is 0 Å². The Hall–Kier alpha value is -2.81. The quantitative estimate of drug-likeness (QED) is 0.548. The van der Waals surface area contributed by atoms with E-state index in [-0.39, 0.29) is 11.7 Å². The number of allylic oxidation sites excluding steroid dienone is 1. The minimum absolute atomic E-state index is 0.0573. The zero-order chi connectivity index (χ0) is 15.4. The molecule has 2 heterocycles. The first kappa shape index (κ1) is 14.1. The molecule has 0 unspecified atom stereocenters. The SMILES string of the molecule is CCC=C(Nc1nc2ccccc2s1)C(=O)Oc1nnn[nH]1. The van der Waals surface area contributed by atoms with Gasteiger partial charge in [0, 0.05) is 0 Å². The summed E-state index contributed by atoms with van der Waals surface area (Å²) in [7, 11) is 0. The summed E-state index contributed by atoms with van der Waals surface area (Å²) in [5.74, 6) is -0.584. The average Bonchev–Trinajstić information content (AvgIpc) is 3.15. The van der Waals surface area contributed by atoms with Gasteiger partial charge < -0.3 is 10.1 Å². The monoisotopic (exact) mass is 316 g/mol. The van der Waals surface area contributed by atoms with E-state index in [4.69, 9.17) is 4.74 Å². The minimum atomic E-state index is -0.584. The molecule has 0 amide bonds. The molecule has 8 nitrogen and oxygen atoms in total. The molecule has 0 aliphatic carbocycles. The number of esters is 1. The molecule has 0 fully saturated rings. The lowest BCUT2D eigenvalue weighted by Crippen LogP contribution is -2.18. The highest BCUT2D eigenvalue weighted by atomic mass is 32.1. The molecule has 2 N–H and O–H groups in total. The molecule has 0 spiro atoms. The topological polar surface area (TPSA) is 106 Å². The first-order valence-corrected chi connectivity index (χ1v) is 7.36. The molecule has 22 heavy (non-hydrogen) atoms. The molecular weight excluding hydrogens is 304 g/mol. The summed E-state index contributed by atoms with van der Waals surface area (Å²) in [6, 6.07) is 7.69. The van der Waals surface area contributed by atoms with Crippen LogP contribution in [0.1, 0.15) is 13.3 Å². The summed E-state index contributed by atoms with van der Waals surface area (Å²) >= 11 is 1.46. The maximum Gasteiger partial charge on any atom is 0.362 e. The van der Waals surface area contributed by atoms with Crippen molar-refractivity contribution in [3.8, 4) is 6.01 Å². The molecule has 112 valence electrons. The van der Waals surface area contributed by atoms with Crippen LogP contribution in [0.25, 0.3) is 10.2 Å². The van der Waals surface area contributed by atoms with Gasteiger partial charge in [0.05, 0.1) is 10.2 Å². The molecular formula is C13H12N6O2S. The Labute approximate surface area is 129 Å². The second-order valence-electron chi connectivity index (χ2n) is 4.23. The van der Waals surface area contributed by atoms with Gasteiger partial charge >= 0.3 is 12.0 Å². The number of hydrogen-bond acceptors (Lipinski definition) is 8. The van der Waals surface area contributed by atoms with E-state index < -0.39 is 5.97 Å². The van der Waals surface area contributed by atoms with Crippen LogP contribution in [-0.2, 0) is 4.79 Å². The number of anilines is 1. The third kappa shape index (κ3) is 3.09. The fourth-order valence-electron chi connectivity index (χ4n) is 1.77. The maximum absolute atomic E-state index is 12.1. The predicted molar refractivity (Wildman–Crippen MR) is 81.4 cm³/mol. The van der Waals surface area contributed by atoms with Crippen molar-refractivity contribution >= 4 is 32.7 Å². The van der Waals surface area contributed by atoms with Gasteiger partial charge in [0.2, 0.25) is 0 Å². The molecule has 0 aliphatic heterocycles. The highest BCUT2D eigenvalue weighted by molar-refractivity contribution is 7.22. The Morgan fingerprint density at radius 3 is 3.05 bits per heavy atom. The third-order valence-corrected chi connectivity index (χ3v) is 3.63. The minimum Gasteiger partial charge on any atom is -0.385 e. The second kappa shape index (κ2) is 6.31. The van der Waals surface area contributed by atoms with Crippen molar-refractivity contribution in [2.75, 3.05) is 5.32 Å². The number of H-pyrrole nitrogens is 1. The Balaban J connectivity index is 1.79. The molecule has 0 radical (unpaired) electrons. The number of aromatic amines is 1. The van der Waals surface area contributed by atoms with Crippen LogP contribution in [0.5, 0.6) is 6.01 Å². The largest absolute Gasteiger partial charge is 0.385 e. The van der Waals surface area contributed by atoms with E-state index in [1.54, 1.807) is 6.08 Å². The average molecular weight is 316 g/mol. The highest BCUT2D eigenvalue weighted by Gasteiger charge is 2.15. The third-order valence-electron chi connectivity index (χ3n) is 2.68. The molecule has 0 saturated heterocycles. The standard InChI is InChI=1S/C13H12N6O2S/c1-2-5-9(11(20)21-12-16-18-19-17-12)15-13-14-8-6-3-4-7-10(8)22-13/h3-7H,2H2,1H3,(H,14,15)(H,16,17,18,19). The van der Waals surface area contributed by atoms with Crippen molar-refractivity contribution < 1.29 is 9.53 Å². The lowest BCUT2D eigenvalue weighted by Gasteiger charge is -2.06. The Morgan fingerprint density at radius 1 is 1.45 bits per heavy atom. The van der Waals surface area contributed by atoms with E-state index in [1.807, 2.05) is 31.2 Å². The van der Waals surface area contributed by atoms with Crippen molar-refractivity contribution in [2.45, 2.75) is 13.3 Å². The van der Waals surface area contributed by atoms with Crippen molar-refractivity contribution in [1.29, 1.82) is 0 Å². The van der Waals surface area contributed by atoms with Gasteiger partial charge in [-0.05, 0) is 29.0 Å². The number of aromatic nitrogens is 5. The Morgan fingerprint density at radius 2 is 2.32 bits per heavy atom. The number of carbonyl (C=O) groups is 1. The van der Waals surface area contributed by atoms with Crippen molar-refractivity contribution in [3.63, 3.8) is 0 Å². The second-order valence-corrected chi connectivity index (χ2v) is 5.26. The number of rotatable bonds is 5. The van der Waals surface area contributed by atoms with Crippen LogP contribution in [0.2, 0.25) is 0 Å². The number of tetrazole rings is 1. The van der Waals surface area contributed by atoms with Gasteiger partial charge in [-0.15, -0.1) is 0 Å². The molecule has 3 rings (SSSR count). The van der Waals surface area contributed by atoms with Crippen LogP contribution >= 0.6 is 11.3 Å². The predicted octanol–water partition coefficient (Wildman–Crippen LogP) is 2.12. The van der Waals surface area contributed by atoms with E-state index in [2.05, 4.69) is 30.9 Å². The van der Waals surface area contributed by atoms with E-state index in [1.165, 1.54) is 11.3 Å². The van der Waals surface area contributed by atoms with Crippen LogP contribution in [-0.4, -0.2) is 31.6 Å². The molecule has 0 saturated carbocycles. The summed E-state index contributed by atoms with van der Waals surface area (Å²) in [5.41, 5.74) is 1.16. The van der Waals surface area contributed by atoms with Gasteiger partial charge in [-0.2, -0.15) is 0 Å². The number of hydrogen-bond donors (Lipinski definition) is 2. The molecule has 0 aliphatic rings. The molecule has 3 aromatic rings. The summed E-state index contributed by atoms with van der Waals surface area (Å²) in [5, 5.41) is 16.2. The number of thiazole rings is 1. The first-order chi connectivity index (χ1) is 10.8. The number of nitrogens with zero attached hydrogens (tertiary/aromatic N) is 4. The fraction of sp³-hybridized carbons (Fsp3) is 0.154. The smallest absolute Gasteiger partial charge is 0.362 e. The summed E-state index contributed by atoms with van der Waals surface area (Å²) in [6.07, 6.45) is 2.38. The lowest BCUT2D eigenvalue weighted by molar-refractivity contribution is -0.130. The van der Waals surface area contributed by atoms with E-state index in [0.29, 0.717) is 11.6 Å². The van der Waals surface area contributed by atoms with Gasteiger partial charge in [-0.25, -0.2) is 14.9 Å². The molecule has 9 heteroatoms. The summed E-state index contributed by atoms with van der Waals surface area (Å²) < 4.78 is 6.07. The van der Waals surface area contributed by atoms with Gasteiger partial charge in [-0.1, -0.05) is 41.6 Å². The molecule has 2 aromatic heterocycles. The number of benzene rings is 1. The Bertz CT molecular complexity index is 778. The van der Waals surface area contributed by atoms with Crippen molar-refractivity contribution in [2.24, 2.45) is 0 Å². The lowest BCUT2D eigenvalue weighted by atomic mass is 10.3. The summed E-state index contributed by atoms with van der Waals surface area (Å²) in [6.45, 7) is 1.92. The Kier molecular flexibility index (Phi) is 4.05. The van der Waals surface area contributed by atoms with Crippen LogP contribution < -0.4 is 10.1 Å². The fourth-order valence-corrected chi connectivity index (χ4v) is 2.65. The van der Waals surface area contributed by atoms with Crippen LogP contribution in [0.15, 0.2) is 36.0 Å². The number of para-hydroxylation sites is 1. The van der Waals surface area contributed by atoms with E-state index >= 15 is 0 Å². The van der Waals surface area contributed by atoms with E-state index in [0.717, 1.165) is 10.2 Å². The van der Waals surface area contributed by atoms with Crippen molar-refractivity contribution in [1.82, 2.24) is 25.6 Å². The van der Waals surface area contributed by atoms with Gasteiger partial charge in [0.25, 0.3) is 0 Å². The highest BCUT2D eigenvalue weighted by Crippen LogP contribution is 2.26. The normalized spacial score (nSPS) is 11.6. The number of ether oxygens (including phenoxy) is 1. The van der Waals surface area contributed by atoms with Gasteiger partial charge in [0.15, 0.2) is 5.13 Å². The number of nitrogens with one attached hydrogen (secondary N) is 2. The number of fused-ring (bicyclic) bond motifs is 1. The van der Waals surface area contributed by atoms with E-state index in [9.17, 15) is 4.79 Å². The van der Waals surface area contributed by atoms with Gasteiger partial charge in [0.1, 0.15) is 5.70 Å². The van der Waals surface area contributed by atoms with Crippen LogP contribution in [0.3, 0.4) is 0 Å².